The van der Waals surface area contributed by atoms with Crippen molar-refractivity contribution in [2.45, 2.75) is 37.6 Å². The quantitative estimate of drug-likeness (QED) is 0.784. The van der Waals surface area contributed by atoms with Gasteiger partial charge in [0.05, 0.1) is 0 Å². The predicted octanol–water partition coefficient (Wildman–Crippen LogP) is 1.82. The number of carboxylic acid groups (broad SMARTS) is 1. The van der Waals surface area contributed by atoms with Gasteiger partial charge in [0, 0.05) is 18.8 Å². The lowest BCUT2D eigenvalue weighted by Gasteiger charge is -2.36. The van der Waals surface area contributed by atoms with Crippen LogP contribution in [0.1, 0.15) is 32.1 Å². The Hall–Kier alpha value is -0.220. The van der Waals surface area contributed by atoms with Crippen LogP contribution in [0, 0.1) is 0 Å². The second-order valence-electron chi connectivity index (χ2n) is 4.50. The molecule has 2 rings (SSSR count). The molecule has 0 radical (unpaired) electrons. The standard InChI is InChI=1S/C11H19NO2S/c13-10(14)11(4-1-2-5-11)12-6-3-8-15-9-7-12/h1-9H2,(H,13,14). The van der Waals surface area contributed by atoms with Gasteiger partial charge >= 0.3 is 5.97 Å². The van der Waals surface area contributed by atoms with Crippen LogP contribution in [0.2, 0.25) is 0 Å². The van der Waals surface area contributed by atoms with Gasteiger partial charge in [0.2, 0.25) is 0 Å². The fourth-order valence-electron chi connectivity index (χ4n) is 2.80. The highest BCUT2D eigenvalue weighted by atomic mass is 32.2. The summed E-state index contributed by atoms with van der Waals surface area (Å²) in [5, 5.41) is 9.46. The Kier molecular flexibility index (Phi) is 3.57. The van der Waals surface area contributed by atoms with E-state index in [1.165, 1.54) is 5.75 Å². The van der Waals surface area contributed by atoms with E-state index in [9.17, 15) is 9.90 Å². The molecule has 4 heteroatoms. The summed E-state index contributed by atoms with van der Waals surface area (Å²) in [4.78, 5) is 13.7. The van der Waals surface area contributed by atoms with Crippen molar-refractivity contribution in [3.63, 3.8) is 0 Å². The molecule has 2 fully saturated rings. The van der Waals surface area contributed by atoms with E-state index in [1.807, 2.05) is 11.8 Å². The van der Waals surface area contributed by atoms with Crippen LogP contribution < -0.4 is 0 Å². The summed E-state index contributed by atoms with van der Waals surface area (Å²) < 4.78 is 0. The van der Waals surface area contributed by atoms with Crippen LogP contribution in [-0.2, 0) is 4.79 Å². The van der Waals surface area contributed by atoms with E-state index in [-0.39, 0.29) is 0 Å². The van der Waals surface area contributed by atoms with E-state index in [0.29, 0.717) is 0 Å². The van der Waals surface area contributed by atoms with E-state index in [0.717, 1.165) is 50.9 Å². The lowest BCUT2D eigenvalue weighted by Crippen LogP contribution is -2.53. The van der Waals surface area contributed by atoms with Crippen LogP contribution in [0.25, 0.3) is 0 Å². The summed E-state index contributed by atoms with van der Waals surface area (Å²) in [6, 6.07) is 0. The highest BCUT2D eigenvalue weighted by molar-refractivity contribution is 7.99. The molecule has 0 spiro atoms. The van der Waals surface area contributed by atoms with Crippen LogP contribution in [0.15, 0.2) is 0 Å². The van der Waals surface area contributed by atoms with Gasteiger partial charge in [-0.1, -0.05) is 12.8 Å². The lowest BCUT2D eigenvalue weighted by atomic mass is 9.95. The third kappa shape index (κ3) is 2.16. The van der Waals surface area contributed by atoms with Gasteiger partial charge in [-0.05, 0) is 25.0 Å². The molecule has 1 N–H and O–H groups in total. The highest BCUT2D eigenvalue weighted by Crippen LogP contribution is 2.36. The summed E-state index contributed by atoms with van der Waals surface area (Å²) in [5.41, 5.74) is -0.509. The molecule has 0 atom stereocenters. The predicted molar refractivity (Wildman–Crippen MR) is 62.3 cm³/mol. The normalized spacial score (nSPS) is 27.5. The minimum Gasteiger partial charge on any atom is -0.480 e. The van der Waals surface area contributed by atoms with Crippen LogP contribution in [0.3, 0.4) is 0 Å². The smallest absolute Gasteiger partial charge is 0.324 e. The fraction of sp³-hybridized carbons (Fsp3) is 0.909. The second kappa shape index (κ2) is 4.74. The second-order valence-corrected chi connectivity index (χ2v) is 5.72. The average Bonchev–Trinajstić information content (AvgIpc) is 2.56. The monoisotopic (exact) mass is 229 g/mol. The molecule has 3 nitrogen and oxygen atoms in total. The Morgan fingerprint density at radius 1 is 1.13 bits per heavy atom. The molecule has 86 valence electrons. The van der Waals surface area contributed by atoms with Gasteiger partial charge in [0.1, 0.15) is 5.54 Å². The minimum atomic E-state index is -0.591. The van der Waals surface area contributed by atoms with Gasteiger partial charge < -0.3 is 5.11 Å². The first-order valence-electron chi connectivity index (χ1n) is 5.82. The molecular weight excluding hydrogens is 210 g/mol. The van der Waals surface area contributed by atoms with Crippen molar-refractivity contribution in [1.29, 1.82) is 0 Å². The fourth-order valence-corrected chi connectivity index (χ4v) is 3.69. The van der Waals surface area contributed by atoms with E-state index >= 15 is 0 Å². The Morgan fingerprint density at radius 3 is 2.53 bits per heavy atom. The van der Waals surface area contributed by atoms with Crippen LogP contribution in [0.5, 0.6) is 0 Å². The molecule has 2 aliphatic rings. The molecule has 0 unspecified atom stereocenters. The highest BCUT2D eigenvalue weighted by Gasteiger charge is 2.46. The summed E-state index contributed by atoms with van der Waals surface area (Å²) in [6.07, 6.45) is 5.01. The van der Waals surface area contributed by atoms with Crippen molar-refractivity contribution in [3.05, 3.63) is 0 Å². The molecule has 0 aromatic rings. The maximum Gasteiger partial charge on any atom is 0.324 e. The molecule has 0 aromatic heterocycles. The Bertz CT molecular complexity index is 231. The molecule has 1 saturated carbocycles. The number of hydrogen-bond donors (Lipinski definition) is 1. The maximum absolute atomic E-state index is 11.5. The van der Waals surface area contributed by atoms with Crippen LogP contribution in [0.4, 0.5) is 0 Å². The number of carbonyl (C=O) groups is 1. The number of nitrogens with zero attached hydrogens (tertiary/aromatic N) is 1. The molecule has 1 aliphatic heterocycles. The molecule has 0 amide bonds. The third-order valence-corrected chi connectivity index (χ3v) is 4.70. The van der Waals surface area contributed by atoms with Gasteiger partial charge in [-0.25, -0.2) is 0 Å². The lowest BCUT2D eigenvalue weighted by molar-refractivity contribution is -0.151. The molecule has 0 aromatic carbocycles. The van der Waals surface area contributed by atoms with Crippen molar-refractivity contribution in [2.75, 3.05) is 24.6 Å². The largest absolute Gasteiger partial charge is 0.480 e. The molecule has 1 aliphatic carbocycles. The number of hydrogen-bond acceptors (Lipinski definition) is 3. The van der Waals surface area contributed by atoms with E-state index in [1.54, 1.807) is 0 Å². The van der Waals surface area contributed by atoms with Crippen molar-refractivity contribution < 1.29 is 9.90 Å². The topological polar surface area (TPSA) is 40.5 Å². The molecular formula is C11H19NO2S. The zero-order valence-corrected chi connectivity index (χ0v) is 9.89. The summed E-state index contributed by atoms with van der Waals surface area (Å²) in [5.74, 6) is 1.69. The number of thioether (sulfide) groups is 1. The third-order valence-electron chi connectivity index (χ3n) is 3.66. The van der Waals surface area contributed by atoms with E-state index in [2.05, 4.69) is 4.90 Å². The maximum atomic E-state index is 11.5. The van der Waals surface area contributed by atoms with Gasteiger partial charge in [-0.3, -0.25) is 9.69 Å². The SMILES string of the molecule is O=C(O)C1(N2CCCSCC2)CCCC1. The molecule has 0 bridgehead atoms. The number of carboxylic acids is 1. The van der Waals surface area contributed by atoms with Gasteiger partial charge in [0.25, 0.3) is 0 Å². The number of rotatable bonds is 2. The Balaban J connectivity index is 2.12. The Morgan fingerprint density at radius 2 is 1.87 bits per heavy atom. The van der Waals surface area contributed by atoms with E-state index in [4.69, 9.17) is 0 Å². The summed E-state index contributed by atoms with van der Waals surface area (Å²) in [6.45, 7) is 1.93. The van der Waals surface area contributed by atoms with Gasteiger partial charge in [-0.15, -0.1) is 0 Å². The zero-order chi connectivity index (χ0) is 10.7. The summed E-state index contributed by atoms with van der Waals surface area (Å²) in [7, 11) is 0. The first-order valence-corrected chi connectivity index (χ1v) is 6.97. The minimum absolute atomic E-state index is 0.509. The molecule has 15 heavy (non-hydrogen) atoms. The van der Waals surface area contributed by atoms with Crippen molar-refractivity contribution >= 4 is 17.7 Å². The van der Waals surface area contributed by atoms with Crippen molar-refractivity contribution in [3.8, 4) is 0 Å². The van der Waals surface area contributed by atoms with Crippen molar-refractivity contribution in [1.82, 2.24) is 4.90 Å². The van der Waals surface area contributed by atoms with E-state index < -0.39 is 11.5 Å². The van der Waals surface area contributed by atoms with Gasteiger partial charge in [-0.2, -0.15) is 11.8 Å². The van der Waals surface area contributed by atoms with Crippen molar-refractivity contribution in [2.24, 2.45) is 0 Å². The first kappa shape index (κ1) is 11.3. The Labute approximate surface area is 95.2 Å². The van der Waals surface area contributed by atoms with Crippen LogP contribution >= 0.6 is 11.8 Å². The number of aliphatic carboxylic acids is 1. The molecule has 1 saturated heterocycles. The summed E-state index contributed by atoms with van der Waals surface area (Å²) >= 11 is 1.95. The van der Waals surface area contributed by atoms with Crippen LogP contribution in [-0.4, -0.2) is 46.1 Å². The first-order chi connectivity index (χ1) is 7.26. The average molecular weight is 229 g/mol. The molecule has 1 heterocycles. The zero-order valence-electron chi connectivity index (χ0n) is 9.07. The van der Waals surface area contributed by atoms with Gasteiger partial charge in [0.15, 0.2) is 0 Å².